The van der Waals surface area contributed by atoms with Gasteiger partial charge in [-0.1, -0.05) is 11.6 Å². The van der Waals surface area contributed by atoms with Crippen molar-refractivity contribution < 1.29 is 27.5 Å². The third-order valence-electron chi connectivity index (χ3n) is 2.61. The van der Waals surface area contributed by atoms with E-state index < -0.39 is 17.7 Å². The maximum Gasteiger partial charge on any atom is 0.418 e. The molecule has 0 saturated carbocycles. The van der Waals surface area contributed by atoms with E-state index in [4.69, 9.17) is 21.1 Å². The molecule has 1 heterocycles. The van der Waals surface area contributed by atoms with Gasteiger partial charge in [0.05, 0.1) is 12.1 Å². The zero-order valence-electron chi connectivity index (χ0n) is 10.4. The monoisotopic (exact) mass is 319 g/mol. The van der Waals surface area contributed by atoms with Crippen molar-refractivity contribution in [2.24, 2.45) is 0 Å². The van der Waals surface area contributed by atoms with Crippen molar-refractivity contribution in [1.29, 1.82) is 0 Å². The number of nitrogens with one attached hydrogen (secondary N) is 1. The van der Waals surface area contributed by atoms with Crippen LogP contribution in [-0.4, -0.2) is 11.1 Å². The molecule has 0 atom stereocenters. The second-order valence-corrected chi connectivity index (χ2v) is 4.55. The molecule has 0 spiro atoms. The predicted molar refractivity (Wildman–Crippen MR) is 69.4 cm³/mol. The van der Waals surface area contributed by atoms with E-state index in [1.54, 1.807) is 0 Å². The second-order valence-electron chi connectivity index (χ2n) is 4.11. The fraction of sp³-hybridized carbons (Fsp3) is 0.154. The molecule has 1 aromatic heterocycles. The van der Waals surface area contributed by atoms with Gasteiger partial charge in [-0.2, -0.15) is 13.2 Å². The van der Waals surface area contributed by atoms with E-state index in [1.807, 2.05) is 0 Å². The van der Waals surface area contributed by atoms with Crippen molar-refractivity contribution in [1.82, 2.24) is 0 Å². The Labute approximate surface area is 122 Å². The molecule has 112 valence electrons. The van der Waals surface area contributed by atoms with Crippen molar-refractivity contribution in [2.75, 3.05) is 5.32 Å². The summed E-state index contributed by atoms with van der Waals surface area (Å²) >= 11 is 5.57. The minimum Gasteiger partial charge on any atom is -0.475 e. The fourth-order valence-corrected chi connectivity index (χ4v) is 1.85. The van der Waals surface area contributed by atoms with Crippen LogP contribution in [0.2, 0.25) is 5.02 Å². The smallest absolute Gasteiger partial charge is 0.418 e. The molecule has 0 bridgehead atoms. The first kappa shape index (κ1) is 15.2. The molecule has 0 radical (unpaired) electrons. The number of carboxylic acid groups (broad SMARTS) is 1. The number of rotatable bonds is 4. The third-order valence-corrected chi connectivity index (χ3v) is 2.85. The minimum atomic E-state index is -4.55. The van der Waals surface area contributed by atoms with Crippen LogP contribution < -0.4 is 5.32 Å². The summed E-state index contributed by atoms with van der Waals surface area (Å²) in [5, 5.41) is 11.2. The Kier molecular flexibility index (Phi) is 4.13. The van der Waals surface area contributed by atoms with E-state index in [2.05, 4.69) is 5.32 Å². The van der Waals surface area contributed by atoms with Crippen LogP contribution in [-0.2, 0) is 12.7 Å². The summed E-state index contributed by atoms with van der Waals surface area (Å²) in [4.78, 5) is 10.6. The number of anilines is 1. The van der Waals surface area contributed by atoms with Crippen molar-refractivity contribution in [3.05, 3.63) is 52.4 Å². The van der Waals surface area contributed by atoms with Gasteiger partial charge in [0, 0.05) is 10.7 Å². The molecule has 4 nitrogen and oxygen atoms in total. The fourth-order valence-electron chi connectivity index (χ4n) is 1.68. The van der Waals surface area contributed by atoms with Gasteiger partial charge in [0.2, 0.25) is 5.76 Å². The van der Waals surface area contributed by atoms with Gasteiger partial charge >= 0.3 is 12.1 Å². The average molecular weight is 320 g/mol. The normalized spacial score (nSPS) is 11.4. The number of hydrogen-bond acceptors (Lipinski definition) is 3. The number of benzene rings is 1. The van der Waals surface area contributed by atoms with E-state index in [0.717, 1.165) is 6.07 Å². The lowest BCUT2D eigenvalue weighted by atomic mass is 10.1. The van der Waals surface area contributed by atoms with Crippen molar-refractivity contribution in [2.45, 2.75) is 12.7 Å². The maximum absolute atomic E-state index is 12.9. The summed E-state index contributed by atoms with van der Waals surface area (Å²) in [5.74, 6) is -1.32. The number of furan rings is 1. The number of hydrogen-bond donors (Lipinski definition) is 2. The molecule has 1 aromatic carbocycles. The van der Waals surface area contributed by atoms with Crippen LogP contribution in [0.25, 0.3) is 0 Å². The zero-order chi connectivity index (χ0) is 15.6. The molecule has 21 heavy (non-hydrogen) atoms. The Morgan fingerprint density at radius 3 is 2.57 bits per heavy atom. The molecule has 2 N–H and O–H groups in total. The average Bonchev–Trinajstić information content (AvgIpc) is 2.85. The van der Waals surface area contributed by atoms with Gasteiger partial charge in [0.15, 0.2) is 0 Å². The standard InChI is InChI=1S/C13H9ClF3NO3/c14-7-1-3-10(9(5-7)13(15,16)17)18-6-8-2-4-11(21-8)12(19)20/h1-5,18H,6H2,(H,19,20). The number of carbonyl (C=O) groups is 1. The highest BCUT2D eigenvalue weighted by molar-refractivity contribution is 6.30. The SMILES string of the molecule is O=C(O)c1ccc(CNc2ccc(Cl)cc2C(F)(F)F)o1. The van der Waals surface area contributed by atoms with Crippen LogP contribution in [0.15, 0.2) is 34.7 Å². The lowest BCUT2D eigenvalue weighted by molar-refractivity contribution is -0.137. The highest BCUT2D eigenvalue weighted by atomic mass is 35.5. The molecule has 0 saturated heterocycles. The third kappa shape index (κ3) is 3.69. The summed E-state index contributed by atoms with van der Waals surface area (Å²) < 4.78 is 43.5. The molecule has 8 heteroatoms. The van der Waals surface area contributed by atoms with Crippen molar-refractivity contribution in [3.63, 3.8) is 0 Å². The molecule has 0 aliphatic rings. The summed E-state index contributed by atoms with van der Waals surface area (Å²) in [6.45, 7) is -0.0853. The largest absolute Gasteiger partial charge is 0.475 e. The first-order valence-electron chi connectivity index (χ1n) is 5.70. The van der Waals surface area contributed by atoms with E-state index in [0.29, 0.717) is 0 Å². The zero-order valence-corrected chi connectivity index (χ0v) is 11.1. The summed E-state index contributed by atoms with van der Waals surface area (Å²) in [5.41, 5.74) is -1.07. The topological polar surface area (TPSA) is 62.5 Å². The summed E-state index contributed by atoms with van der Waals surface area (Å²) in [6.07, 6.45) is -4.55. The second kappa shape index (κ2) is 5.69. The lowest BCUT2D eigenvalue weighted by Gasteiger charge is -2.14. The Hall–Kier alpha value is -2.15. The lowest BCUT2D eigenvalue weighted by Crippen LogP contribution is -2.10. The van der Waals surface area contributed by atoms with Gasteiger partial charge in [-0.3, -0.25) is 0 Å². The Bertz CT molecular complexity index is 667. The first-order valence-corrected chi connectivity index (χ1v) is 6.08. The molecule has 0 fully saturated rings. The molecule has 0 aliphatic carbocycles. The Balaban J connectivity index is 2.18. The Morgan fingerprint density at radius 1 is 1.29 bits per heavy atom. The highest BCUT2D eigenvalue weighted by Crippen LogP contribution is 2.36. The van der Waals surface area contributed by atoms with Gasteiger partial charge in [-0.15, -0.1) is 0 Å². The quantitative estimate of drug-likeness (QED) is 0.883. The number of aromatic carboxylic acids is 1. The summed E-state index contributed by atoms with van der Waals surface area (Å²) in [7, 11) is 0. The van der Waals surface area contributed by atoms with Gasteiger partial charge in [-0.25, -0.2) is 4.79 Å². The van der Waals surface area contributed by atoms with Crippen LogP contribution in [0.4, 0.5) is 18.9 Å². The van der Waals surface area contributed by atoms with E-state index in [-0.39, 0.29) is 28.8 Å². The van der Waals surface area contributed by atoms with Crippen LogP contribution in [0.3, 0.4) is 0 Å². The van der Waals surface area contributed by atoms with Crippen LogP contribution in [0.1, 0.15) is 21.9 Å². The van der Waals surface area contributed by atoms with Crippen molar-refractivity contribution >= 4 is 23.3 Å². The maximum atomic E-state index is 12.9. The van der Waals surface area contributed by atoms with Gasteiger partial charge in [0.25, 0.3) is 0 Å². The van der Waals surface area contributed by atoms with Gasteiger partial charge in [0.1, 0.15) is 5.76 Å². The first-order chi connectivity index (χ1) is 9.77. The Morgan fingerprint density at radius 2 is 2.00 bits per heavy atom. The van der Waals surface area contributed by atoms with E-state index >= 15 is 0 Å². The minimum absolute atomic E-state index is 0.0287. The molecular formula is C13H9ClF3NO3. The van der Waals surface area contributed by atoms with Crippen molar-refractivity contribution in [3.8, 4) is 0 Å². The highest BCUT2D eigenvalue weighted by Gasteiger charge is 2.33. The van der Waals surface area contributed by atoms with Crippen LogP contribution in [0, 0.1) is 0 Å². The molecule has 0 aliphatic heterocycles. The van der Waals surface area contributed by atoms with Crippen LogP contribution in [0.5, 0.6) is 0 Å². The number of carboxylic acids is 1. The number of alkyl halides is 3. The number of halogens is 4. The van der Waals surface area contributed by atoms with Crippen LogP contribution >= 0.6 is 11.6 Å². The molecule has 2 aromatic rings. The van der Waals surface area contributed by atoms with E-state index in [1.165, 1.54) is 24.3 Å². The summed E-state index contributed by atoms with van der Waals surface area (Å²) in [6, 6.07) is 5.94. The molecule has 0 unspecified atom stereocenters. The molecular weight excluding hydrogens is 311 g/mol. The van der Waals surface area contributed by atoms with Gasteiger partial charge < -0.3 is 14.8 Å². The predicted octanol–water partition coefficient (Wildman–Crippen LogP) is 4.26. The molecule has 2 rings (SSSR count). The van der Waals surface area contributed by atoms with Gasteiger partial charge in [-0.05, 0) is 30.3 Å². The van der Waals surface area contributed by atoms with E-state index in [9.17, 15) is 18.0 Å². The molecule has 0 amide bonds.